The molecular weight excluding hydrogens is 385 g/mol. The molecule has 0 aliphatic rings. The number of rotatable bonds is 5. The summed E-state index contributed by atoms with van der Waals surface area (Å²) in [5.41, 5.74) is 1.37. The van der Waals surface area contributed by atoms with Gasteiger partial charge in [-0.3, -0.25) is 9.48 Å². The Kier molecular flexibility index (Phi) is 5.50. The molecule has 0 fully saturated rings. The number of aryl methyl sites for hydroxylation is 3. The molecule has 29 heavy (non-hydrogen) atoms. The van der Waals surface area contributed by atoms with Crippen molar-refractivity contribution in [2.24, 2.45) is 7.05 Å². The number of ether oxygens (including phenoxy) is 1. The number of benzene rings is 1. The van der Waals surface area contributed by atoms with Crippen LogP contribution < -0.4 is 10.1 Å². The van der Waals surface area contributed by atoms with Crippen molar-refractivity contribution >= 4 is 16.9 Å². The van der Waals surface area contributed by atoms with E-state index >= 15 is 0 Å². The van der Waals surface area contributed by atoms with Crippen LogP contribution in [-0.2, 0) is 24.6 Å². The van der Waals surface area contributed by atoms with Gasteiger partial charge in [0, 0.05) is 19.7 Å². The molecule has 0 spiro atoms. The van der Waals surface area contributed by atoms with E-state index in [4.69, 9.17) is 4.74 Å². The van der Waals surface area contributed by atoms with Gasteiger partial charge >= 0.3 is 6.18 Å². The average molecular weight is 406 g/mol. The van der Waals surface area contributed by atoms with Crippen LogP contribution in [0.3, 0.4) is 0 Å². The Morgan fingerprint density at radius 2 is 1.90 bits per heavy atom. The molecule has 0 radical (unpaired) electrons. The largest absolute Gasteiger partial charge is 0.464 e. The number of amides is 1. The molecule has 1 aromatic carbocycles. The Morgan fingerprint density at radius 3 is 2.52 bits per heavy atom. The zero-order chi connectivity index (χ0) is 21.3. The zero-order valence-corrected chi connectivity index (χ0v) is 16.5. The van der Waals surface area contributed by atoms with Gasteiger partial charge in [-0.15, -0.1) is 0 Å². The highest BCUT2D eigenvalue weighted by Gasteiger charge is 2.36. The summed E-state index contributed by atoms with van der Waals surface area (Å²) in [6.45, 7) is 5.19. The van der Waals surface area contributed by atoms with E-state index in [0.717, 1.165) is 17.2 Å². The number of alkyl halides is 3. The van der Waals surface area contributed by atoms with Crippen molar-refractivity contribution in [3.63, 3.8) is 0 Å². The van der Waals surface area contributed by atoms with Gasteiger partial charge in [0.05, 0.1) is 16.6 Å². The van der Waals surface area contributed by atoms with Gasteiger partial charge < -0.3 is 10.1 Å². The summed E-state index contributed by atoms with van der Waals surface area (Å²) >= 11 is 0. The Labute approximate surface area is 165 Å². The maximum atomic E-state index is 13.5. The van der Waals surface area contributed by atoms with E-state index in [1.165, 1.54) is 25.6 Å². The van der Waals surface area contributed by atoms with E-state index in [0.29, 0.717) is 0 Å². The predicted octanol–water partition coefficient (Wildman–Crippen LogP) is 3.69. The first-order chi connectivity index (χ1) is 13.6. The highest BCUT2D eigenvalue weighted by Crippen LogP contribution is 2.37. The minimum atomic E-state index is -4.61. The highest BCUT2D eigenvalue weighted by molar-refractivity contribution is 5.84. The van der Waals surface area contributed by atoms with Gasteiger partial charge in [-0.25, -0.2) is 0 Å². The molecule has 1 atom stereocenters. The second-order valence-corrected chi connectivity index (χ2v) is 6.88. The maximum Gasteiger partial charge on any atom is 0.417 e. The zero-order valence-electron chi connectivity index (χ0n) is 16.5. The molecule has 0 unspecified atom stereocenters. The number of fused-ring (bicyclic) bond motifs is 1. The molecule has 1 amide bonds. The highest BCUT2D eigenvalue weighted by atomic mass is 19.4. The summed E-state index contributed by atoms with van der Waals surface area (Å²) < 4.78 is 47.2. The molecule has 1 N–H and O–H groups in total. The Morgan fingerprint density at radius 1 is 1.24 bits per heavy atom. The lowest BCUT2D eigenvalue weighted by molar-refractivity contribution is -0.136. The number of carbonyl (C=O) groups is 1. The number of nitrogens with one attached hydrogen (secondary N) is 1. The van der Waals surface area contributed by atoms with Crippen LogP contribution in [-0.4, -0.2) is 26.8 Å². The van der Waals surface area contributed by atoms with Crippen molar-refractivity contribution in [3.05, 3.63) is 52.7 Å². The van der Waals surface area contributed by atoms with Crippen LogP contribution in [0.5, 0.6) is 5.88 Å². The van der Waals surface area contributed by atoms with Gasteiger partial charge in [-0.05, 0) is 26.3 Å². The van der Waals surface area contributed by atoms with E-state index < -0.39 is 23.8 Å². The smallest absolute Gasteiger partial charge is 0.417 e. The fourth-order valence-electron chi connectivity index (χ4n) is 2.98. The molecule has 3 rings (SSSR count). The second kappa shape index (κ2) is 7.73. The molecule has 0 saturated carbocycles. The first kappa shape index (κ1) is 20.6. The van der Waals surface area contributed by atoms with E-state index in [9.17, 15) is 18.0 Å². The van der Waals surface area contributed by atoms with Gasteiger partial charge in [0.25, 0.3) is 5.91 Å². The number of hydrogen-bond acceptors (Lipinski definition) is 4. The molecule has 2 heterocycles. The normalized spacial score (nSPS) is 12.8. The molecule has 0 saturated heterocycles. The lowest BCUT2D eigenvalue weighted by Crippen LogP contribution is -2.36. The van der Waals surface area contributed by atoms with Gasteiger partial charge in [0.1, 0.15) is 0 Å². The monoisotopic (exact) mass is 406 g/mol. The molecule has 2 aromatic heterocycles. The summed E-state index contributed by atoms with van der Waals surface area (Å²) in [6.07, 6.45) is -5.63. The number of carbonyl (C=O) groups excluding carboxylic acids is 1. The quantitative estimate of drug-likeness (QED) is 0.702. The van der Waals surface area contributed by atoms with Crippen molar-refractivity contribution in [2.45, 2.75) is 39.6 Å². The van der Waals surface area contributed by atoms with Gasteiger partial charge in [0.15, 0.2) is 11.8 Å². The Balaban J connectivity index is 1.79. The van der Waals surface area contributed by atoms with E-state index in [-0.39, 0.29) is 29.2 Å². The standard InChI is InChI=1S/C20H21F3N4O2/c1-11-5-7-14(8-6-11)10-24-19(28)13(3)29-16-9-15(20(21,22)23)17-12(2)26-27(4)18(17)25-16/h5-9,13H,10H2,1-4H3,(H,24,28)/t13-/m1/s1. The fourth-order valence-corrected chi connectivity index (χ4v) is 2.98. The predicted molar refractivity (Wildman–Crippen MR) is 101 cm³/mol. The molecule has 0 aliphatic heterocycles. The van der Waals surface area contributed by atoms with Crippen molar-refractivity contribution < 1.29 is 22.7 Å². The van der Waals surface area contributed by atoms with Crippen molar-refractivity contribution in [3.8, 4) is 5.88 Å². The lowest BCUT2D eigenvalue weighted by atomic mass is 10.1. The van der Waals surface area contributed by atoms with E-state index in [1.807, 2.05) is 31.2 Å². The molecule has 154 valence electrons. The van der Waals surface area contributed by atoms with Crippen molar-refractivity contribution in [2.75, 3.05) is 0 Å². The third-order valence-electron chi connectivity index (χ3n) is 4.50. The van der Waals surface area contributed by atoms with E-state index in [2.05, 4.69) is 15.4 Å². The Bertz CT molecular complexity index is 1040. The van der Waals surface area contributed by atoms with Crippen LogP contribution in [0.15, 0.2) is 30.3 Å². The minimum absolute atomic E-state index is 0.0413. The topological polar surface area (TPSA) is 69.0 Å². The molecule has 9 heteroatoms. The Hall–Kier alpha value is -3.10. The third-order valence-corrected chi connectivity index (χ3v) is 4.50. The fraction of sp³-hybridized carbons (Fsp3) is 0.350. The van der Waals surface area contributed by atoms with Crippen LogP contribution in [0.2, 0.25) is 0 Å². The van der Waals surface area contributed by atoms with Gasteiger partial charge in [-0.2, -0.15) is 23.3 Å². The summed E-state index contributed by atoms with van der Waals surface area (Å²) in [7, 11) is 1.50. The number of nitrogens with zero attached hydrogens (tertiary/aromatic N) is 3. The van der Waals surface area contributed by atoms with Crippen LogP contribution in [0.1, 0.15) is 29.3 Å². The maximum absolute atomic E-state index is 13.5. The van der Waals surface area contributed by atoms with Crippen molar-refractivity contribution in [1.29, 1.82) is 0 Å². The summed E-state index contributed by atoms with van der Waals surface area (Å²) in [5.74, 6) is -0.743. The molecule has 6 nitrogen and oxygen atoms in total. The van der Waals surface area contributed by atoms with E-state index in [1.54, 1.807) is 0 Å². The molecular formula is C20H21F3N4O2. The number of halogens is 3. The van der Waals surface area contributed by atoms with Crippen molar-refractivity contribution in [1.82, 2.24) is 20.1 Å². The first-order valence-electron chi connectivity index (χ1n) is 8.97. The molecule has 3 aromatic rings. The van der Waals surface area contributed by atoms with Crippen LogP contribution in [0.25, 0.3) is 11.0 Å². The number of hydrogen-bond donors (Lipinski definition) is 1. The van der Waals surface area contributed by atoms with Crippen LogP contribution in [0, 0.1) is 13.8 Å². The molecule has 0 aliphatic carbocycles. The van der Waals surface area contributed by atoms with Gasteiger partial charge in [0.2, 0.25) is 5.88 Å². The van der Waals surface area contributed by atoms with Gasteiger partial charge in [-0.1, -0.05) is 29.8 Å². The summed E-state index contributed by atoms with van der Waals surface area (Å²) in [5, 5.41) is 6.63. The minimum Gasteiger partial charge on any atom is -0.464 e. The number of pyridine rings is 1. The lowest BCUT2D eigenvalue weighted by Gasteiger charge is -2.16. The average Bonchev–Trinajstić information content (AvgIpc) is 2.93. The summed E-state index contributed by atoms with van der Waals surface area (Å²) in [6, 6.07) is 8.43. The summed E-state index contributed by atoms with van der Waals surface area (Å²) in [4.78, 5) is 16.4. The molecule has 0 bridgehead atoms. The van der Waals surface area contributed by atoms with Crippen LogP contribution >= 0.6 is 0 Å². The first-order valence-corrected chi connectivity index (χ1v) is 8.97. The third kappa shape index (κ3) is 4.49. The van der Waals surface area contributed by atoms with Crippen LogP contribution in [0.4, 0.5) is 13.2 Å². The SMILES string of the molecule is Cc1ccc(CNC(=O)[C@@H](C)Oc2cc(C(F)(F)F)c3c(C)nn(C)c3n2)cc1. The second-order valence-electron chi connectivity index (χ2n) is 6.88. The number of aromatic nitrogens is 3.